The summed E-state index contributed by atoms with van der Waals surface area (Å²) in [6.45, 7) is 2.93. The molecule has 0 unspecified atom stereocenters. The molecule has 0 fully saturated rings. The topological polar surface area (TPSA) is 73.6 Å². The van der Waals surface area contributed by atoms with Crippen LogP contribution in [0, 0.1) is 0 Å². The van der Waals surface area contributed by atoms with Crippen molar-refractivity contribution in [3.05, 3.63) is 35.7 Å². The Morgan fingerprint density at radius 2 is 2.38 bits per heavy atom. The van der Waals surface area contributed by atoms with Crippen LogP contribution < -0.4 is 10.1 Å². The van der Waals surface area contributed by atoms with E-state index in [-0.39, 0.29) is 18.4 Å². The minimum Gasteiger partial charge on any atom is -0.461 e. The Kier molecular flexibility index (Phi) is 3.77. The summed E-state index contributed by atoms with van der Waals surface area (Å²) in [7, 11) is 0. The van der Waals surface area contributed by atoms with E-state index in [1.54, 1.807) is 6.92 Å². The van der Waals surface area contributed by atoms with Crippen LogP contribution in [-0.2, 0) is 11.2 Å². The van der Waals surface area contributed by atoms with Crippen LogP contribution >= 0.6 is 0 Å². The molecule has 0 radical (unpaired) electrons. The lowest BCUT2D eigenvalue weighted by Crippen LogP contribution is -2.12. The number of hydrogen-bond donors (Lipinski definition) is 1. The SMILES string of the molecule is CCOC(=O)c1coc(Oc2cccc3c2NCCC3)n1. The molecule has 110 valence electrons. The smallest absolute Gasteiger partial charge is 0.399 e. The van der Waals surface area contributed by atoms with Gasteiger partial charge in [0.05, 0.1) is 12.3 Å². The van der Waals surface area contributed by atoms with E-state index in [4.69, 9.17) is 13.9 Å². The highest BCUT2D eigenvalue weighted by atomic mass is 16.6. The highest BCUT2D eigenvalue weighted by Crippen LogP contribution is 2.34. The van der Waals surface area contributed by atoms with Gasteiger partial charge in [-0.1, -0.05) is 12.1 Å². The highest BCUT2D eigenvalue weighted by Gasteiger charge is 2.18. The number of nitrogens with one attached hydrogen (secondary N) is 1. The number of para-hydroxylation sites is 1. The van der Waals surface area contributed by atoms with Crippen molar-refractivity contribution in [3.63, 3.8) is 0 Å². The number of ether oxygens (including phenoxy) is 2. The van der Waals surface area contributed by atoms with Crippen LogP contribution in [0.3, 0.4) is 0 Å². The number of benzene rings is 1. The Hall–Kier alpha value is -2.50. The van der Waals surface area contributed by atoms with Crippen molar-refractivity contribution in [3.8, 4) is 11.8 Å². The van der Waals surface area contributed by atoms with E-state index in [1.165, 1.54) is 11.8 Å². The van der Waals surface area contributed by atoms with Gasteiger partial charge in [-0.25, -0.2) is 4.79 Å². The maximum atomic E-state index is 11.5. The first kappa shape index (κ1) is 13.5. The zero-order valence-corrected chi connectivity index (χ0v) is 11.7. The number of oxazole rings is 1. The van der Waals surface area contributed by atoms with Crippen molar-refractivity contribution < 1.29 is 18.7 Å². The number of aryl methyl sites for hydroxylation is 1. The molecular formula is C15H16N2O4. The molecule has 1 aliphatic heterocycles. The van der Waals surface area contributed by atoms with Gasteiger partial charge in [-0.15, -0.1) is 0 Å². The Morgan fingerprint density at radius 3 is 3.24 bits per heavy atom. The highest BCUT2D eigenvalue weighted by molar-refractivity contribution is 5.86. The van der Waals surface area contributed by atoms with Gasteiger partial charge in [-0.3, -0.25) is 0 Å². The number of hydrogen-bond acceptors (Lipinski definition) is 6. The summed E-state index contributed by atoms with van der Waals surface area (Å²) in [5.74, 6) is 0.119. The van der Waals surface area contributed by atoms with Crippen LogP contribution in [0.15, 0.2) is 28.9 Å². The Balaban J connectivity index is 1.80. The van der Waals surface area contributed by atoms with Gasteiger partial charge in [0.1, 0.15) is 6.26 Å². The summed E-state index contributed by atoms with van der Waals surface area (Å²) in [6.07, 6.45) is 3.37. The van der Waals surface area contributed by atoms with Crippen molar-refractivity contribution in [2.24, 2.45) is 0 Å². The van der Waals surface area contributed by atoms with E-state index in [2.05, 4.69) is 16.4 Å². The number of nitrogens with zero attached hydrogens (tertiary/aromatic N) is 1. The summed E-state index contributed by atoms with van der Waals surface area (Å²) in [5.41, 5.74) is 2.26. The van der Waals surface area contributed by atoms with Crippen LogP contribution in [0.1, 0.15) is 29.4 Å². The average molecular weight is 288 g/mol. The third-order valence-corrected chi connectivity index (χ3v) is 3.20. The van der Waals surface area contributed by atoms with Gasteiger partial charge in [0.2, 0.25) is 0 Å². The zero-order valence-electron chi connectivity index (χ0n) is 11.7. The van der Waals surface area contributed by atoms with Crippen molar-refractivity contribution in [2.45, 2.75) is 19.8 Å². The van der Waals surface area contributed by atoms with E-state index >= 15 is 0 Å². The van der Waals surface area contributed by atoms with Crippen LogP contribution in [0.4, 0.5) is 5.69 Å². The van der Waals surface area contributed by atoms with Crippen molar-refractivity contribution >= 4 is 11.7 Å². The Morgan fingerprint density at radius 1 is 1.48 bits per heavy atom. The summed E-state index contributed by atoms with van der Waals surface area (Å²) in [4.78, 5) is 15.5. The van der Waals surface area contributed by atoms with Gasteiger partial charge in [-0.05, 0) is 31.4 Å². The third kappa shape index (κ3) is 2.84. The standard InChI is InChI=1S/C15H16N2O4/c1-2-19-14(18)11-9-20-15(17-11)21-12-7-3-5-10-6-4-8-16-13(10)12/h3,5,7,9,16H,2,4,6,8H2,1H3. The molecule has 0 bridgehead atoms. The van der Waals surface area contributed by atoms with Crippen molar-refractivity contribution in [1.29, 1.82) is 0 Å². The minimum atomic E-state index is -0.524. The molecule has 0 saturated heterocycles. The van der Waals surface area contributed by atoms with Crippen molar-refractivity contribution in [1.82, 2.24) is 4.98 Å². The number of esters is 1. The minimum absolute atomic E-state index is 0.0267. The van der Waals surface area contributed by atoms with Gasteiger partial charge in [0.25, 0.3) is 0 Å². The molecule has 6 nitrogen and oxygen atoms in total. The third-order valence-electron chi connectivity index (χ3n) is 3.20. The predicted octanol–water partition coefficient (Wildman–Crippen LogP) is 3.00. The van der Waals surface area contributed by atoms with Gasteiger partial charge in [0, 0.05) is 6.54 Å². The maximum Gasteiger partial charge on any atom is 0.399 e. The fourth-order valence-electron chi connectivity index (χ4n) is 2.26. The van der Waals surface area contributed by atoms with E-state index in [0.717, 1.165) is 25.1 Å². The predicted molar refractivity (Wildman–Crippen MR) is 75.8 cm³/mol. The monoisotopic (exact) mass is 288 g/mol. The molecule has 0 amide bonds. The largest absolute Gasteiger partial charge is 0.461 e. The van der Waals surface area contributed by atoms with E-state index < -0.39 is 5.97 Å². The van der Waals surface area contributed by atoms with Crippen LogP contribution in [0.5, 0.6) is 11.8 Å². The summed E-state index contributed by atoms with van der Waals surface area (Å²) in [5, 5.41) is 3.32. The van der Waals surface area contributed by atoms with E-state index in [9.17, 15) is 4.79 Å². The molecule has 1 aromatic carbocycles. The normalized spacial score (nSPS) is 13.2. The molecule has 0 saturated carbocycles. The summed E-state index contributed by atoms with van der Waals surface area (Å²) < 4.78 is 15.7. The fraction of sp³-hybridized carbons (Fsp3) is 0.333. The van der Waals surface area contributed by atoms with E-state index in [0.29, 0.717) is 5.75 Å². The lowest BCUT2D eigenvalue weighted by atomic mass is 10.0. The molecule has 21 heavy (non-hydrogen) atoms. The quantitative estimate of drug-likeness (QED) is 0.872. The summed E-state index contributed by atoms with van der Waals surface area (Å²) >= 11 is 0. The number of carbonyl (C=O) groups excluding carboxylic acids is 1. The van der Waals surface area contributed by atoms with Crippen molar-refractivity contribution in [2.75, 3.05) is 18.5 Å². The first-order chi connectivity index (χ1) is 10.3. The second-order valence-corrected chi connectivity index (χ2v) is 4.64. The molecule has 1 N–H and O–H groups in total. The number of anilines is 1. The lowest BCUT2D eigenvalue weighted by molar-refractivity contribution is 0.0519. The molecule has 0 atom stereocenters. The second-order valence-electron chi connectivity index (χ2n) is 4.64. The Bertz CT molecular complexity index is 651. The molecule has 0 spiro atoms. The Labute approximate surface area is 122 Å². The number of carbonyl (C=O) groups is 1. The van der Waals surface area contributed by atoms with Crippen LogP contribution in [0.25, 0.3) is 0 Å². The maximum absolute atomic E-state index is 11.5. The molecule has 2 aromatic rings. The van der Waals surface area contributed by atoms with E-state index in [1.807, 2.05) is 12.1 Å². The van der Waals surface area contributed by atoms with Gasteiger partial charge < -0.3 is 19.2 Å². The molecule has 6 heteroatoms. The number of aromatic nitrogens is 1. The summed E-state index contributed by atoms with van der Waals surface area (Å²) in [6, 6.07) is 5.83. The molecule has 2 heterocycles. The molecule has 1 aromatic heterocycles. The number of rotatable bonds is 4. The average Bonchev–Trinajstić information content (AvgIpc) is 2.97. The molecule has 0 aliphatic carbocycles. The first-order valence-corrected chi connectivity index (χ1v) is 6.94. The van der Waals surface area contributed by atoms with Crippen LogP contribution in [-0.4, -0.2) is 24.1 Å². The molecular weight excluding hydrogens is 272 g/mol. The molecule has 3 rings (SSSR count). The fourth-order valence-corrected chi connectivity index (χ4v) is 2.26. The zero-order chi connectivity index (χ0) is 14.7. The van der Waals surface area contributed by atoms with Crippen LogP contribution in [0.2, 0.25) is 0 Å². The molecule has 1 aliphatic rings. The lowest BCUT2D eigenvalue weighted by Gasteiger charge is -2.19. The van der Waals surface area contributed by atoms with Gasteiger partial charge in [-0.2, -0.15) is 4.98 Å². The first-order valence-electron chi connectivity index (χ1n) is 6.94. The second kappa shape index (κ2) is 5.87. The number of fused-ring (bicyclic) bond motifs is 1. The van der Waals surface area contributed by atoms with Gasteiger partial charge in [0.15, 0.2) is 11.4 Å². The van der Waals surface area contributed by atoms with Gasteiger partial charge >= 0.3 is 12.0 Å².